The molecule has 0 bridgehead atoms. The van der Waals surface area contributed by atoms with Gasteiger partial charge in [0, 0.05) is 0 Å². The van der Waals surface area contributed by atoms with Crippen LogP contribution in [-0.4, -0.2) is 21.2 Å². The number of hydrogen-bond donors (Lipinski definition) is 0. The summed E-state index contributed by atoms with van der Waals surface area (Å²) >= 11 is 1.22. The lowest BCUT2D eigenvalue weighted by Crippen LogP contribution is -1.92. The summed E-state index contributed by atoms with van der Waals surface area (Å²) in [4.78, 5) is 4.70. The fourth-order valence-electron chi connectivity index (χ4n) is 1.73. The zero-order valence-corrected chi connectivity index (χ0v) is 10.7. The van der Waals surface area contributed by atoms with Gasteiger partial charge in [-0.25, -0.2) is 18.3 Å². The maximum Gasteiger partial charge on any atom is 0.294 e. The van der Waals surface area contributed by atoms with Crippen LogP contribution in [0.15, 0.2) is 24.4 Å². The molecule has 0 amide bonds. The Morgan fingerprint density at radius 1 is 1.32 bits per heavy atom. The molecule has 3 aromatic rings. The van der Waals surface area contributed by atoms with E-state index in [0.717, 1.165) is 0 Å². The van der Waals surface area contributed by atoms with Crippen molar-refractivity contribution in [2.24, 2.45) is 0 Å². The summed E-state index contributed by atoms with van der Waals surface area (Å²) in [5.74, 6) is -1.29. The first-order valence-corrected chi connectivity index (χ1v) is 6.44. The third kappa shape index (κ3) is 2.06. The summed E-state index contributed by atoms with van der Waals surface area (Å²) in [7, 11) is 0. The first-order chi connectivity index (χ1) is 9.19. The van der Waals surface area contributed by atoms with Gasteiger partial charge in [0.15, 0.2) is 0 Å². The van der Waals surface area contributed by atoms with E-state index >= 15 is 0 Å². The van der Waals surface area contributed by atoms with Crippen molar-refractivity contribution in [1.29, 1.82) is 0 Å². The third-order valence-electron chi connectivity index (χ3n) is 2.51. The van der Waals surface area contributed by atoms with E-state index in [0.29, 0.717) is 16.8 Å². The summed E-state index contributed by atoms with van der Waals surface area (Å²) in [6.45, 7) is 2.36. The molecule has 0 N–H and O–H groups in total. The highest BCUT2D eigenvalue weighted by molar-refractivity contribution is 7.18. The van der Waals surface area contributed by atoms with Gasteiger partial charge in [0.1, 0.15) is 11.6 Å². The molecule has 0 fully saturated rings. The number of hydrogen-bond acceptors (Lipinski definition) is 4. The SMILES string of the molecule is CCOc1nn2cc(-c3c(F)cccc3F)nc2s1. The second-order valence-electron chi connectivity index (χ2n) is 3.75. The van der Waals surface area contributed by atoms with Crippen LogP contribution in [0.5, 0.6) is 5.19 Å². The number of halogens is 2. The van der Waals surface area contributed by atoms with Gasteiger partial charge in [0.25, 0.3) is 5.19 Å². The maximum atomic E-state index is 13.6. The zero-order valence-electron chi connectivity index (χ0n) is 9.93. The van der Waals surface area contributed by atoms with E-state index in [-0.39, 0.29) is 11.3 Å². The number of fused-ring (bicyclic) bond motifs is 1. The number of aromatic nitrogens is 3. The van der Waals surface area contributed by atoms with Gasteiger partial charge in [0.2, 0.25) is 4.96 Å². The van der Waals surface area contributed by atoms with Gasteiger partial charge in [-0.15, -0.1) is 5.10 Å². The Bertz CT molecular complexity index is 686. The molecule has 0 atom stereocenters. The van der Waals surface area contributed by atoms with Gasteiger partial charge in [-0.3, -0.25) is 0 Å². The number of imidazole rings is 1. The molecule has 7 heteroatoms. The van der Waals surface area contributed by atoms with E-state index in [2.05, 4.69) is 10.1 Å². The Balaban J connectivity index is 2.08. The molecule has 0 radical (unpaired) electrons. The fraction of sp³-hybridized carbons (Fsp3) is 0.167. The van der Waals surface area contributed by atoms with E-state index in [1.54, 1.807) is 0 Å². The van der Waals surface area contributed by atoms with Crippen molar-refractivity contribution in [1.82, 2.24) is 14.6 Å². The average Bonchev–Trinajstić information content (AvgIpc) is 2.87. The van der Waals surface area contributed by atoms with Crippen LogP contribution in [0.25, 0.3) is 16.2 Å². The predicted molar refractivity (Wildman–Crippen MR) is 67.4 cm³/mol. The minimum Gasteiger partial charge on any atom is -0.469 e. The second kappa shape index (κ2) is 4.58. The normalized spacial score (nSPS) is 11.1. The Kier molecular flexibility index (Phi) is 2.90. The minimum absolute atomic E-state index is 0.141. The summed E-state index contributed by atoms with van der Waals surface area (Å²) in [6.07, 6.45) is 1.48. The Morgan fingerprint density at radius 3 is 2.68 bits per heavy atom. The molecular weight excluding hydrogens is 272 g/mol. The van der Waals surface area contributed by atoms with E-state index in [1.165, 1.54) is 40.2 Å². The molecule has 0 aliphatic carbocycles. The molecule has 4 nitrogen and oxygen atoms in total. The van der Waals surface area contributed by atoms with Gasteiger partial charge in [-0.1, -0.05) is 6.07 Å². The molecule has 0 unspecified atom stereocenters. The van der Waals surface area contributed by atoms with Crippen molar-refractivity contribution in [3.8, 4) is 16.5 Å². The minimum atomic E-state index is -0.643. The summed E-state index contributed by atoms with van der Waals surface area (Å²) in [5, 5.41) is 4.59. The second-order valence-corrected chi connectivity index (χ2v) is 4.67. The lowest BCUT2D eigenvalue weighted by Gasteiger charge is -2.00. The quantitative estimate of drug-likeness (QED) is 0.740. The molecule has 19 heavy (non-hydrogen) atoms. The van der Waals surface area contributed by atoms with E-state index in [4.69, 9.17) is 4.74 Å². The van der Waals surface area contributed by atoms with Crippen molar-refractivity contribution in [2.45, 2.75) is 6.92 Å². The lowest BCUT2D eigenvalue weighted by molar-refractivity contribution is 0.334. The van der Waals surface area contributed by atoms with Crippen molar-refractivity contribution in [3.63, 3.8) is 0 Å². The van der Waals surface area contributed by atoms with E-state index < -0.39 is 11.6 Å². The highest BCUT2D eigenvalue weighted by Crippen LogP contribution is 2.28. The summed E-state index contributed by atoms with van der Waals surface area (Å²) < 4.78 is 34.0. The average molecular weight is 281 g/mol. The monoisotopic (exact) mass is 281 g/mol. The molecule has 1 aromatic carbocycles. The largest absolute Gasteiger partial charge is 0.469 e. The summed E-state index contributed by atoms with van der Waals surface area (Å²) in [5.41, 5.74) is 0.0792. The van der Waals surface area contributed by atoms with Crippen molar-refractivity contribution in [3.05, 3.63) is 36.0 Å². The number of benzene rings is 1. The summed E-state index contributed by atoms with van der Waals surface area (Å²) in [6, 6.07) is 3.72. The topological polar surface area (TPSA) is 39.4 Å². The first kappa shape index (κ1) is 12.0. The van der Waals surface area contributed by atoms with Crippen LogP contribution in [0.1, 0.15) is 6.92 Å². The van der Waals surface area contributed by atoms with Crippen LogP contribution in [0.2, 0.25) is 0 Å². The van der Waals surface area contributed by atoms with Gasteiger partial charge >= 0.3 is 0 Å². The predicted octanol–water partition coefficient (Wildman–Crippen LogP) is 3.13. The maximum absolute atomic E-state index is 13.6. The molecular formula is C12H9F2N3OS. The molecule has 0 aliphatic heterocycles. The first-order valence-electron chi connectivity index (χ1n) is 5.62. The highest BCUT2D eigenvalue weighted by atomic mass is 32.1. The third-order valence-corrected chi connectivity index (χ3v) is 3.35. The molecule has 2 heterocycles. The Labute approximate surface area is 111 Å². The van der Waals surface area contributed by atoms with Crippen molar-refractivity contribution in [2.75, 3.05) is 6.61 Å². The molecule has 0 spiro atoms. The smallest absolute Gasteiger partial charge is 0.294 e. The van der Waals surface area contributed by atoms with Gasteiger partial charge in [0.05, 0.1) is 24.1 Å². The Hall–Kier alpha value is -2.02. The number of nitrogens with zero attached hydrogens (tertiary/aromatic N) is 3. The van der Waals surface area contributed by atoms with Crippen LogP contribution < -0.4 is 4.74 Å². The molecule has 2 aromatic heterocycles. The lowest BCUT2D eigenvalue weighted by atomic mass is 10.1. The van der Waals surface area contributed by atoms with E-state index in [1.807, 2.05) is 6.92 Å². The molecule has 0 aliphatic rings. The Morgan fingerprint density at radius 2 is 2.05 bits per heavy atom. The molecule has 0 saturated carbocycles. The van der Waals surface area contributed by atoms with Crippen LogP contribution in [0, 0.1) is 11.6 Å². The van der Waals surface area contributed by atoms with Gasteiger partial charge in [-0.05, 0) is 30.4 Å². The van der Waals surface area contributed by atoms with Crippen LogP contribution >= 0.6 is 11.3 Å². The highest BCUT2D eigenvalue weighted by Gasteiger charge is 2.16. The standard InChI is InChI=1S/C12H9F2N3OS/c1-2-18-12-16-17-6-9(15-11(17)19-12)10-7(13)4-3-5-8(10)14/h3-6H,2H2,1H3. The van der Waals surface area contributed by atoms with Crippen LogP contribution in [-0.2, 0) is 0 Å². The van der Waals surface area contributed by atoms with Gasteiger partial charge in [-0.2, -0.15) is 0 Å². The van der Waals surface area contributed by atoms with E-state index in [9.17, 15) is 8.78 Å². The fourth-order valence-corrected chi connectivity index (χ4v) is 2.52. The van der Waals surface area contributed by atoms with Crippen molar-refractivity contribution >= 4 is 16.3 Å². The number of ether oxygens (including phenoxy) is 1. The molecule has 98 valence electrons. The molecule has 3 rings (SSSR count). The number of rotatable bonds is 3. The van der Waals surface area contributed by atoms with Crippen LogP contribution in [0.4, 0.5) is 8.78 Å². The van der Waals surface area contributed by atoms with Gasteiger partial charge < -0.3 is 4.74 Å². The van der Waals surface area contributed by atoms with Crippen molar-refractivity contribution < 1.29 is 13.5 Å². The zero-order chi connectivity index (χ0) is 13.4. The van der Waals surface area contributed by atoms with Crippen LogP contribution in [0.3, 0.4) is 0 Å². The molecule has 0 saturated heterocycles.